The number of hydrogen-bond donors (Lipinski definition) is 3. The fourth-order valence-electron chi connectivity index (χ4n) is 5.06. The number of nitrogens with one attached hydrogen (secondary N) is 2. The number of aliphatic hydroxyl groups excluding tert-OH is 1. The number of aryl methyl sites for hydroxylation is 1. The number of hydrogen-bond acceptors (Lipinski definition) is 5. The summed E-state index contributed by atoms with van der Waals surface area (Å²) in [6.07, 6.45) is 2.33. The Morgan fingerprint density at radius 1 is 1.13 bits per heavy atom. The number of carbonyl (C=O) groups is 2. The van der Waals surface area contributed by atoms with Crippen LogP contribution >= 0.6 is 23.2 Å². The van der Waals surface area contributed by atoms with Crippen molar-refractivity contribution >= 4 is 62.2 Å². The smallest absolute Gasteiger partial charge is 0.256 e. The highest BCUT2D eigenvalue weighted by atomic mass is 35.5. The monoisotopic (exact) mass is 587 g/mol. The number of carbonyl (C=O) groups excluding carboxylic acids is 2. The summed E-state index contributed by atoms with van der Waals surface area (Å²) < 4.78 is 26.6. The molecule has 0 aliphatic carbocycles. The number of nitrogens with zero attached hydrogens (tertiary/aromatic N) is 1. The summed E-state index contributed by atoms with van der Waals surface area (Å²) in [7, 11) is -3.84. The van der Waals surface area contributed by atoms with Gasteiger partial charge in [-0.2, -0.15) is 0 Å². The van der Waals surface area contributed by atoms with E-state index in [0.717, 1.165) is 0 Å². The lowest BCUT2D eigenvalue weighted by Gasteiger charge is -2.29. The van der Waals surface area contributed by atoms with Gasteiger partial charge in [-0.05, 0) is 68.7 Å². The maximum absolute atomic E-state index is 13.3. The van der Waals surface area contributed by atoms with Crippen LogP contribution in [0.3, 0.4) is 0 Å². The van der Waals surface area contributed by atoms with E-state index in [4.69, 9.17) is 23.2 Å². The molecular formula is C28H27Cl2N3O5S. The average molecular weight is 589 g/mol. The van der Waals surface area contributed by atoms with Crippen LogP contribution in [0.4, 0.5) is 5.69 Å². The number of anilines is 1. The number of halogens is 2. The standard InChI is InChI=1S/C28H27Cl2N3O5S/c1-15-25(31-16(2)26(15)28(36)33-10-8-17(34)9-11-33)13-20-19-12-18(6-7-24(19)32-27(20)35)39(37,38)14-21-22(29)4-3-5-23(21)30/h3-7,12-13,17,31,34H,8-11,14H2,1-2H3,(H,32,35)/b20-13-. The van der Waals surface area contributed by atoms with E-state index in [1.165, 1.54) is 12.1 Å². The first-order chi connectivity index (χ1) is 18.5. The Morgan fingerprint density at radius 3 is 2.46 bits per heavy atom. The summed E-state index contributed by atoms with van der Waals surface area (Å²) >= 11 is 12.4. The lowest BCUT2D eigenvalue weighted by atomic mass is 10.0. The molecule has 2 aliphatic heterocycles. The van der Waals surface area contributed by atoms with Gasteiger partial charge in [0.05, 0.1) is 27.9 Å². The molecule has 1 aromatic heterocycles. The summed E-state index contributed by atoms with van der Waals surface area (Å²) in [5.74, 6) is -0.891. The molecule has 0 atom stereocenters. The zero-order chi connectivity index (χ0) is 28.1. The number of likely N-dealkylation sites (tertiary alicyclic amines) is 1. The van der Waals surface area contributed by atoms with Gasteiger partial charge in [0.25, 0.3) is 11.8 Å². The van der Waals surface area contributed by atoms with E-state index in [-0.39, 0.29) is 38.4 Å². The van der Waals surface area contributed by atoms with E-state index in [0.29, 0.717) is 65.3 Å². The van der Waals surface area contributed by atoms with Crippen molar-refractivity contribution < 1.29 is 23.1 Å². The van der Waals surface area contributed by atoms with Crippen molar-refractivity contribution in [3.05, 3.63) is 80.1 Å². The van der Waals surface area contributed by atoms with Gasteiger partial charge in [0, 0.05) is 51.3 Å². The van der Waals surface area contributed by atoms with Gasteiger partial charge in [0.2, 0.25) is 0 Å². The maximum atomic E-state index is 13.3. The van der Waals surface area contributed by atoms with Crippen molar-refractivity contribution in [1.82, 2.24) is 9.88 Å². The first-order valence-corrected chi connectivity index (χ1v) is 14.9. The van der Waals surface area contributed by atoms with Crippen molar-refractivity contribution in [2.24, 2.45) is 0 Å². The minimum atomic E-state index is -3.84. The third-order valence-corrected chi connectivity index (χ3v) is 9.61. The number of benzene rings is 2. The molecule has 1 saturated heterocycles. The highest BCUT2D eigenvalue weighted by molar-refractivity contribution is 7.90. The molecule has 2 aliphatic rings. The van der Waals surface area contributed by atoms with Crippen molar-refractivity contribution in [2.45, 2.75) is 43.4 Å². The van der Waals surface area contributed by atoms with E-state index in [1.807, 2.05) is 6.92 Å². The van der Waals surface area contributed by atoms with Crippen LogP contribution in [0.15, 0.2) is 41.3 Å². The molecule has 0 radical (unpaired) electrons. The number of aromatic amines is 1. The largest absolute Gasteiger partial charge is 0.393 e. The summed E-state index contributed by atoms with van der Waals surface area (Å²) in [5, 5.41) is 13.1. The molecule has 0 saturated carbocycles. The Kier molecular flexibility index (Phi) is 7.37. The Hall–Kier alpha value is -3.11. The van der Waals surface area contributed by atoms with Crippen LogP contribution in [0.25, 0.3) is 11.6 Å². The molecule has 3 aromatic rings. The van der Waals surface area contributed by atoms with Crippen LogP contribution in [0.2, 0.25) is 10.0 Å². The molecule has 39 heavy (non-hydrogen) atoms. The topological polar surface area (TPSA) is 120 Å². The van der Waals surface area contributed by atoms with Gasteiger partial charge >= 0.3 is 0 Å². The minimum absolute atomic E-state index is 0.0298. The zero-order valence-corrected chi connectivity index (χ0v) is 23.7. The second kappa shape index (κ2) is 10.5. The molecule has 8 nitrogen and oxygen atoms in total. The number of aromatic nitrogens is 1. The number of H-pyrrole nitrogens is 1. The maximum Gasteiger partial charge on any atom is 0.256 e. The molecule has 0 bridgehead atoms. The number of sulfone groups is 1. The average Bonchev–Trinajstić information content (AvgIpc) is 3.35. The Morgan fingerprint density at radius 2 is 1.79 bits per heavy atom. The summed E-state index contributed by atoms with van der Waals surface area (Å²) in [6, 6.07) is 9.28. The molecule has 1 fully saturated rings. The summed E-state index contributed by atoms with van der Waals surface area (Å²) in [4.78, 5) is 31.1. The summed E-state index contributed by atoms with van der Waals surface area (Å²) in [6.45, 7) is 4.57. The first-order valence-electron chi connectivity index (χ1n) is 12.5. The predicted octanol–water partition coefficient (Wildman–Crippen LogP) is 5.00. The molecule has 0 unspecified atom stereocenters. The number of aliphatic hydroxyl groups is 1. The highest BCUT2D eigenvalue weighted by Crippen LogP contribution is 2.37. The molecule has 0 spiro atoms. The van der Waals surface area contributed by atoms with Crippen molar-refractivity contribution in [1.29, 1.82) is 0 Å². The minimum Gasteiger partial charge on any atom is -0.393 e. The van der Waals surface area contributed by atoms with E-state index in [1.54, 1.807) is 42.2 Å². The third-order valence-electron chi connectivity index (χ3n) is 7.26. The Bertz CT molecular complexity index is 1620. The van der Waals surface area contributed by atoms with E-state index in [2.05, 4.69) is 10.3 Å². The van der Waals surface area contributed by atoms with Crippen LogP contribution in [0, 0.1) is 13.8 Å². The number of rotatable bonds is 5. The molecule has 2 aromatic carbocycles. The van der Waals surface area contributed by atoms with E-state index < -0.39 is 15.6 Å². The van der Waals surface area contributed by atoms with Crippen LogP contribution < -0.4 is 5.32 Å². The fraction of sp³-hybridized carbons (Fsp3) is 0.286. The third kappa shape index (κ3) is 5.24. The van der Waals surface area contributed by atoms with Gasteiger partial charge in [-0.3, -0.25) is 9.59 Å². The van der Waals surface area contributed by atoms with Crippen LogP contribution in [-0.4, -0.2) is 54.4 Å². The molecule has 11 heteroatoms. The number of amides is 2. The van der Waals surface area contributed by atoms with Gasteiger partial charge < -0.3 is 20.3 Å². The lowest BCUT2D eigenvalue weighted by Crippen LogP contribution is -2.40. The molecule has 5 rings (SSSR count). The SMILES string of the molecule is Cc1[nH]c(/C=C2\C(=O)Nc3ccc(S(=O)(=O)Cc4c(Cl)cccc4Cl)cc32)c(C)c1C(=O)N1CCC(O)CC1. The molecule has 3 N–H and O–H groups in total. The first kappa shape index (κ1) is 27.5. The van der Waals surface area contributed by atoms with E-state index in [9.17, 15) is 23.1 Å². The van der Waals surface area contributed by atoms with Crippen LogP contribution in [0.1, 0.15) is 51.3 Å². The van der Waals surface area contributed by atoms with Gasteiger partial charge in [-0.15, -0.1) is 0 Å². The van der Waals surface area contributed by atoms with Crippen molar-refractivity contribution in [3.63, 3.8) is 0 Å². The lowest BCUT2D eigenvalue weighted by molar-refractivity contribution is -0.110. The quantitative estimate of drug-likeness (QED) is 0.363. The van der Waals surface area contributed by atoms with Gasteiger partial charge in [0.1, 0.15) is 0 Å². The molecule has 204 valence electrons. The van der Waals surface area contributed by atoms with E-state index >= 15 is 0 Å². The fourth-order valence-corrected chi connectivity index (χ4v) is 7.18. The summed E-state index contributed by atoms with van der Waals surface area (Å²) in [5.41, 5.74) is 4.00. The van der Waals surface area contributed by atoms with Crippen LogP contribution in [0.5, 0.6) is 0 Å². The second-order valence-corrected chi connectivity index (χ2v) is 12.7. The molecule has 2 amide bonds. The normalized spacial score (nSPS) is 17.0. The van der Waals surface area contributed by atoms with Crippen molar-refractivity contribution in [2.75, 3.05) is 18.4 Å². The number of fused-ring (bicyclic) bond motifs is 1. The highest BCUT2D eigenvalue weighted by Gasteiger charge is 2.30. The Labute approximate surface area is 236 Å². The Balaban J connectivity index is 1.48. The van der Waals surface area contributed by atoms with Gasteiger partial charge in [-0.25, -0.2) is 8.42 Å². The predicted molar refractivity (Wildman–Crippen MR) is 152 cm³/mol. The zero-order valence-electron chi connectivity index (χ0n) is 21.3. The van der Waals surface area contributed by atoms with Crippen molar-refractivity contribution in [3.8, 4) is 0 Å². The second-order valence-electron chi connectivity index (χ2n) is 9.87. The molecular weight excluding hydrogens is 561 g/mol. The number of piperidine rings is 1. The van der Waals surface area contributed by atoms with Gasteiger partial charge in [-0.1, -0.05) is 29.3 Å². The van der Waals surface area contributed by atoms with Gasteiger partial charge in [0.15, 0.2) is 9.84 Å². The molecule has 3 heterocycles. The van der Waals surface area contributed by atoms with Crippen LogP contribution in [-0.2, 0) is 20.4 Å².